The second-order valence-electron chi connectivity index (χ2n) is 7.57. The molecule has 1 amide bonds. The molecule has 0 aliphatic carbocycles. The Hall–Kier alpha value is -3.51. The molecule has 2 aliphatic rings. The number of hydrogen-bond acceptors (Lipinski definition) is 7. The zero-order valence-electron chi connectivity index (χ0n) is 16.4. The predicted octanol–water partition coefficient (Wildman–Crippen LogP) is 2.12. The highest BCUT2D eigenvalue weighted by Gasteiger charge is 2.37. The minimum Gasteiger partial charge on any atom is -0.341 e. The summed E-state index contributed by atoms with van der Waals surface area (Å²) in [5, 5.41) is 10.6. The number of carbonyl (C=O) groups is 1. The number of anilines is 1. The van der Waals surface area contributed by atoms with Crippen LogP contribution < -0.4 is 4.90 Å². The smallest absolute Gasteiger partial charge is 0.249 e. The molecule has 1 unspecified atom stereocenters. The van der Waals surface area contributed by atoms with Crippen LogP contribution in [0.5, 0.6) is 0 Å². The molecular formula is C21H21N7O2. The van der Waals surface area contributed by atoms with Crippen molar-refractivity contribution in [2.75, 3.05) is 24.6 Å². The fourth-order valence-corrected chi connectivity index (χ4v) is 4.19. The number of hydrogen-bond donors (Lipinski definition) is 0. The highest BCUT2D eigenvalue weighted by Crippen LogP contribution is 2.33. The molecule has 2 fully saturated rings. The molecule has 1 atom stereocenters. The molecule has 0 N–H and O–H groups in total. The maximum atomic E-state index is 13.2. The molecule has 2 saturated heterocycles. The Balaban J connectivity index is 1.27. The van der Waals surface area contributed by atoms with Gasteiger partial charge in [0.25, 0.3) is 0 Å². The van der Waals surface area contributed by atoms with Crippen molar-refractivity contribution in [1.29, 1.82) is 5.26 Å². The first-order valence-corrected chi connectivity index (χ1v) is 10.1. The second-order valence-corrected chi connectivity index (χ2v) is 7.57. The minimum atomic E-state index is -0.0991. The third kappa shape index (κ3) is 3.35. The molecule has 0 aromatic carbocycles. The first kappa shape index (κ1) is 18.5. The number of nitrogens with zero attached hydrogens (tertiary/aromatic N) is 7. The lowest BCUT2D eigenvalue weighted by Crippen LogP contribution is -2.42. The van der Waals surface area contributed by atoms with Gasteiger partial charge in [-0.25, -0.2) is 20.0 Å². The van der Waals surface area contributed by atoms with Gasteiger partial charge >= 0.3 is 0 Å². The number of aromatic nitrogens is 4. The molecule has 5 rings (SSSR count). The summed E-state index contributed by atoms with van der Waals surface area (Å²) in [4.78, 5) is 33.8. The van der Waals surface area contributed by atoms with E-state index in [4.69, 9.17) is 10.1 Å². The molecule has 9 nitrogen and oxygen atoms in total. The van der Waals surface area contributed by atoms with Crippen LogP contribution in [-0.4, -0.2) is 50.0 Å². The lowest BCUT2D eigenvalue weighted by molar-refractivity contribution is -0.182. The molecule has 30 heavy (non-hydrogen) atoms. The quantitative estimate of drug-likeness (QED) is 0.660. The molecule has 3 aromatic heterocycles. The van der Waals surface area contributed by atoms with E-state index >= 15 is 0 Å². The van der Waals surface area contributed by atoms with Crippen LogP contribution in [0.4, 0.5) is 5.95 Å². The van der Waals surface area contributed by atoms with Crippen LogP contribution in [0, 0.1) is 17.2 Å². The van der Waals surface area contributed by atoms with Gasteiger partial charge in [0, 0.05) is 50.2 Å². The topological polar surface area (TPSA) is 99.7 Å². The first-order chi connectivity index (χ1) is 14.7. The predicted molar refractivity (Wildman–Crippen MR) is 107 cm³/mol. The molecule has 0 saturated carbocycles. The van der Waals surface area contributed by atoms with Crippen LogP contribution in [0.3, 0.4) is 0 Å². The normalized spacial score (nSPS) is 19.9. The van der Waals surface area contributed by atoms with Gasteiger partial charge in [-0.05, 0) is 30.5 Å². The van der Waals surface area contributed by atoms with Crippen LogP contribution in [0.1, 0.15) is 36.6 Å². The molecule has 9 heteroatoms. The summed E-state index contributed by atoms with van der Waals surface area (Å²) in [5.74, 6) is 0.483. The number of carbonyl (C=O) groups excluding carboxylic acids is 1. The zero-order chi connectivity index (χ0) is 20.5. The fraction of sp³-hybridized carbons (Fsp3) is 0.381. The number of imidazole rings is 1. The number of nitriles is 1. The second kappa shape index (κ2) is 7.72. The summed E-state index contributed by atoms with van der Waals surface area (Å²) in [6.07, 6.45) is 9.46. The highest BCUT2D eigenvalue weighted by molar-refractivity contribution is 5.79. The lowest BCUT2D eigenvalue weighted by Gasteiger charge is -2.34. The van der Waals surface area contributed by atoms with Gasteiger partial charge in [0.2, 0.25) is 11.9 Å². The van der Waals surface area contributed by atoms with Crippen molar-refractivity contribution < 1.29 is 9.63 Å². The maximum Gasteiger partial charge on any atom is 0.249 e. The van der Waals surface area contributed by atoms with Gasteiger partial charge in [0.15, 0.2) is 0 Å². The monoisotopic (exact) mass is 403 g/mol. The number of piperidine rings is 1. The van der Waals surface area contributed by atoms with Gasteiger partial charge in [-0.1, -0.05) is 6.07 Å². The van der Waals surface area contributed by atoms with Crippen molar-refractivity contribution in [2.24, 2.45) is 5.92 Å². The summed E-state index contributed by atoms with van der Waals surface area (Å²) in [7, 11) is 0. The Labute approximate surface area is 173 Å². The van der Waals surface area contributed by atoms with Crippen LogP contribution in [0.15, 0.2) is 43.0 Å². The van der Waals surface area contributed by atoms with Crippen molar-refractivity contribution in [1.82, 2.24) is 24.4 Å². The van der Waals surface area contributed by atoms with Gasteiger partial charge in [-0.2, -0.15) is 5.26 Å². The number of amides is 1. The summed E-state index contributed by atoms with van der Waals surface area (Å²) in [5.41, 5.74) is 2.28. The van der Waals surface area contributed by atoms with E-state index in [1.165, 1.54) is 0 Å². The van der Waals surface area contributed by atoms with Gasteiger partial charge < -0.3 is 9.30 Å². The van der Waals surface area contributed by atoms with Gasteiger partial charge in [0.05, 0.1) is 12.6 Å². The van der Waals surface area contributed by atoms with E-state index in [0.29, 0.717) is 44.2 Å². The molecule has 5 heterocycles. The Kier molecular flexibility index (Phi) is 4.77. The molecular weight excluding hydrogens is 382 g/mol. The highest BCUT2D eigenvalue weighted by atomic mass is 16.7. The van der Waals surface area contributed by atoms with Gasteiger partial charge in [-0.3, -0.25) is 9.63 Å². The van der Waals surface area contributed by atoms with Crippen molar-refractivity contribution >= 4 is 17.5 Å². The maximum absolute atomic E-state index is 13.2. The van der Waals surface area contributed by atoms with Crippen LogP contribution in [-0.2, 0) is 9.63 Å². The SMILES string of the molecule is N#Cc1ccnc(N2CCC(C(=O)N3OCCC3c3ccc4nccn4c3)CC2)n1. The van der Waals surface area contributed by atoms with Crippen LogP contribution >= 0.6 is 0 Å². The van der Waals surface area contributed by atoms with E-state index in [1.54, 1.807) is 23.5 Å². The molecule has 0 radical (unpaired) electrons. The summed E-state index contributed by atoms with van der Waals surface area (Å²) in [6, 6.07) is 7.52. The average Bonchev–Trinajstić information content (AvgIpc) is 3.47. The Bertz CT molecular complexity index is 1110. The summed E-state index contributed by atoms with van der Waals surface area (Å²) in [6.45, 7) is 1.88. The summed E-state index contributed by atoms with van der Waals surface area (Å²) >= 11 is 0. The molecule has 0 spiro atoms. The van der Waals surface area contributed by atoms with Crippen molar-refractivity contribution in [3.05, 3.63) is 54.2 Å². The van der Waals surface area contributed by atoms with Gasteiger partial charge in [-0.15, -0.1) is 0 Å². The van der Waals surface area contributed by atoms with Crippen LogP contribution in [0.2, 0.25) is 0 Å². The van der Waals surface area contributed by atoms with E-state index in [2.05, 4.69) is 15.0 Å². The van der Waals surface area contributed by atoms with Crippen molar-refractivity contribution in [2.45, 2.75) is 25.3 Å². The summed E-state index contributed by atoms with van der Waals surface area (Å²) < 4.78 is 1.96. The van der Waals surface area contributed by atoms with E-state index < -0.39 is 0 Å². The minimum absolute atomic E-state index is 0.0366. The lowest BCUT2D eigenvalue weighted by atomic mass is 9.95. The average molecular weight is 403 g/mol. The van der Waals surface area contributed by atoms with E-state index in [0.717, 1.165) is 17.6 Å². The number of pyridine rings is 1. The molecule has 3 aromatic rings. The molecule has 2 aliphatic heterocycles. The van der Waals surface area contributed by atoms with E-state index in [1.807, 2.05) is 39.9 Å². The van der Waals surface area contributed by atoms with Crippen LogP contribution in [0.25, 0.3) is 5.65 Å². The van der Waals surface area contributed by atoms with E-state index in [9.17, 15) is 4.79 Å². The zero-order valence-corrected chi connectivity index (χ0v) is 16.4. The van der Waals surface area contributed by atoms with Crippen molar-refractivity contribution in [3.63, 3.8) is 0 Å². The fourth-order valence-electron chi connectivity index (χ4n) is 4.19. The third-order valence-corrected chi connectivity index (χ3v) is 5.80. The van der Waals surface area contributed by atoms with E-state index in [-0.39, 0.29) is 17.9 Å². The van der Waals surface area contributed by atoms with Gasteiger partial charge in [0.1, 0.15) is 17.4 Å². The van der Waals surface area contributed by atoms with Crippen molar-refractivity contribution in [3.8, 4) is 6.07 Å². The molecule has 0 bridgehead atoms. The number of hydroxylamine groups is 2. The largest absolute Gasteiger partial charge is 0.341 e. The Morgan fingerprint density at radius 3 is 2.83 bits per heavy atom. The third-order valence-electron chi connectivity index (χ3n) is 5.80. The standard InChI is InChI=1S/C21H21N7O2/c22-13-17-3-7-24-21(25-17)26-9-4-15(5-10-26)20(29)28-18(6-12-30-28)16-1-2-19-23-8-11-27(19)14-16/h1-3,7-8,11,14-15,18H,4-6,9-10,12H2. The Morgan fingerprint density at radius 2 is 2.00 bits per heavy atom. The Morgan fingerprint density at radius 1 is 1.13 bits per heavy atom. The first-order valence-electron chi connectivity index (χ1n) is 10.1. The molecule has 152 valence electrons. The number of fused-ring (bicyclic) bond motifs is 1. The number of rotatable bonds is 3.